The highest BCUT2D eigenvalue weighted by Gasteiger charge is 2.28. The first kappa shape index (κ1) is 13.3. The van der Waals surface area contributed by atoms with Crippen molar-refractivity contribution in [2.45, 2.75) is 32.1 Å². The number of hydrogen-bond donors (Lipinski definition) is 1. The van der Waals surface area contributed by atoms with Gasteiger partial charge in [0.05, 0.1) is 12.6 Å². The van der Waals surface area contributed by atoms with E-state index >= 15 is 0 Å². The van der Waals surface area contributed by atoms with E-state index in [1.54, 1.807) is 11.3 Å². The molecule has 6 heteroatoms. The van der Waals surface area contributed by atoms with Gasteiger partial charge in [-0.15, -0.1) is 11.3 Å². The maximum atomic E-state index is 6.23. The Morgan fingerprint density at radius 3 is 3.00 bits per heavy atom. The van der Waals surface area contributed by atoms with E-state index < -0.39 is 0 Å². The van der Waals surface area contributed by atoms with Gasteiger partial charge in [-0.1, -0.05) is 0 Å². The molecule has 0 radical (unpaired) electrons. The molecule has 2 aromatic rings. The average molecular weight is 341 g/mol. The molecule has 1 aliphatic rings. The van der Waals surface area contributed by atoms with Crippen LogP contribution in [0.4, 0.5) is 0 Å². The smallest absolute Gasteiger partial charge is 0.122 e. The Morgan fingerprint density at radius 2 is 2.32 bits per heavy atom. The Labute approximate surface area is 125 Å². The first-order valence-corrected chi connectivity index (χ1v) is 8.06. The molecule has 19 heavy (non-hydrogen) atoms. The molecule has 3 heterocycles. The third kappa shape index (κ3) is 2.63. The summed E-state index contributed by atoms with van der Waals surface area (Å²) in [7, 11) is 0. The fourth-order valence-corrected chi connectivity index (χ4v) is 4.38. The van der Waals surface area contributed by atoms with Crippen LogP contribution in [0.15, 0.2) is 28.3 Å². The minimum absolute atomic E-state index is 0.104. The molecular weight excluding hydrogens is 324 g/mol. The Balaban J connectivity index is 1.86. The van der Waals surface area contributed by atoms with Crippen molar-refractivity contribution in [2.75, 3.05) is 6.54 Å². The summed E-state index contributed by atoms with van der Waals surface area (Å²) in [6.07, 6.45) is 3.93. The summed E-state index contributed by atoms with van der Waals surface area (Å²) < 4.78 is 3.36. The van der Waals surface area contributed by atoms with Crippen LogP contribution in [0, 0.1) is 0 Å². The molecule has 2 atom stereocenters. The summed E-state index contributed by atoms with van der Waals surface area (Å²) in [5.74, 6) is 1.13. The lowest BCUT2D eigenvalue weighted by molar-refractivity contribution is 0.138. The molecular formula is C13H17BrN4S. The zero-order chi connectivity index (χ0) is 13.4. The Morgan fingerprint density at radius 1 is 1.47 bits per heavy atom. The van der Waals surface area contributed by atoms with Crippen LogP contribution >= 0.6 is 27.3 Å². The molecule has 0 aromatic carbocycles. The van der Waals surface area contributed by atoms with Crippen molar-refractivity contribution in [3.05, 3.63) is 39.0 Å². The molecule has 0 spiro atoms. The number of halogens is 1. The minimum Gasteiger partial charge on any atom is -0.333 e. The lowest BCUT2D eigenvalue weighted by Crippen LogP contribution is -2.43. The van der Waals surface area contributed by atoms with Crippen molar-refractivity contribution in [3.63, 3.8) is 0 Å². The lowest BCUT2D eigenvalue weighted by atomic mass is 10.1. The van der Waals surface area contributed by atoms with Crippen molar-refractivity contribution in [2.24, 2.45) is 5.73 Å². The minimum atomic E-state index is 0.104. The van der Waals surface area contributed by atoms with Crippen molar-refractivity contribution < 1.29 is 0 Å². The molecule has 2 aromatic heterocycles. The van der Waals surface area contributed by atoms with Crippen LogP contribution in [-0.4, -0.2) is 27.0 Å². The standard InChI is InChI=1S/C13H17BrN4S/c1-9(15)13(11-6-10(14)8-19-11)18-5-4-17-3-2-16-12(17)7-18/h2-3,6,8-9,13H,4-5,7,15H2,1H3. The van der Waals surface area contributed by atoms with Gasteiger partial charge in [0.1, 0.15) is 5.82 Å². The van der Waals surface area contributed by atoms with Gasteiger partial charge in [0, 0.05) is 46.3 Å². The number of aromatic nitrogens is 2. The molecule has 0 amide bonds. The van der Waals surface area contributed by atoms with Gasteiger partial charge in [0.2, 0.25) is 0 Å². The zero-order valence-corrected chi connectivity index (χ0v) is 13.2. The van der Waals surface area contributed by atoms with Crippen LogP contribution in [-0.2, 0) is 13.1 Å². The van der Waals surface area contributed by atoms with Gasteiger partial charge in [-0.3, -0.25) is 4.90 Å². The SMILES string of the molecule is CC(N)C(c1cc(Br)cs1)N1CCn2ccnc2C1. The largest absolute Gasteiger partial charge is 0.333 e. The van der Waals surface area contributed by atoms with E-state index in [1.165, 1.54) is 4.88 Å². The lowest BCUT2D eigenvalue weighted by Gasteiger charge is -2.36. The van der Waals surface area contributed by atoms with Crippen LogP contribution in [0.5, 0.6) is 0 Å². The van der Waals surface area contributed by atoms with Gasteiger partial charge in [0.15, 0.2) is 0 Å². The van der Waals surface area contributed by atoms with E-state index in [-0.39, 0.29) is 12.1 Å². The molecule has 0 fully saturated rings. The Bertz CT molecular complexity index is 562. The average Bonchev–Trinajstić information content (AvgIpc) is 2.97. The quantitative estimate of drug-likeness (QED) is 0.934. The molecule has 102 valence electrons. The van der Waals surface area contributed by atoms with Crippen LogP contribution in [0.25, 0.3) is 0 Å². The summed E-state index contributed by atoms with van der Waals surface area (Å²) in [6, 6.07) is 2.55. The van der Waals surface area contributed by atoms with Gasteiger partial charge in [-0.05, 0) is 28.9 Å². The number of fused-ring (bicyclic) bond motifs is 1. The highest BCUT2D eigenvalue weighted by atomic mass is 79.9. The van der Waals surface area contributed by atoms with E-state index in [1.807, 2.05) is 6.20 Å². The Hall–Kier alpha value is -0.690. The fraction of sp³-hybridized carbons (Fsp3) is 0.462. The maximum absolute atomic E-state index is 6.23. The molecule has 4 nitrogen and oxygen atoms in total. The van der Waals surface area contributed by atoms with E-state index in [4.69, 9.17) is 5.73 Å². The van der Waals surface area contributed by atoms with Crippen LogP contribution in [0.2, 0.25) is 0 Å². The first-order chi connectivity index (χ1) is 9.15. The van der Waals surface area contributed by atoms with E-state index in [0.29, 0.717) is 0 Å². The van der Waals surface area contributed by atoms with E-state index in [2.05, 4.69) is 54.9 Å². The molecule has 0 bridgehead atoms. The topological polar surface area (TPSA) is 47.1 Å². The summed E-state index contributed by atoms with van der Waals surface area (Å²) in [5, 5.41) is 2.12. The number of imidazole rings is 1. The van der Waals surface area contributed by atoms with Crippen molar-refractivity contribution in [3.8, 4) is 0 Å². The van der Waals surface area contributed by atoms with Crippen LogP contribution in [0.3, 0.4) is 0 Å². The van der Waals surface area contributed by atoms with E-state index in [0.717, 1.165) is 29.9 Å². The van der Waals surface area contributed by atoms with Crippen molar-refractivity contribution in [1.82, 2.24) is 14.5 Å². The predicted octanol–water partition coefficient (Wildman–Crippen LogP) is 2.61. The van der Waals surface area contributed by atoms with Crippen molar-refractivity contribution in [1.29, 1.82) is 0 Å². The summed E-state index contributed by atoms with van der Waals surface area (Å²) in [6.45, 7) is 4.96. The maximum Gasteiger partial charge on any atom is 0.122 e. The number of rotatable bonds is 3. The van der Waals surface area contributed by atoms with Gasteiger partial charge in [-0.25, -0.2) is 4.98 Å². The molecule has 1 aliphatic heterocycles. The summed E-state index contributed by atoms with van der Waals surface area (Å²) >= 11 is 5.30. The van der Waals surface area contributed by atoms with Crippen molar-refractivity contribution >= 4 is 27.3 Å². The number of thiophene rings is 1. The third-order valence-corrected chi connectivity index (χ3v) is 5.31. The fourth-order valence-electron chi connectivity index (χ4n) is 2.68. The highest BCUT2D eigenvalue weighted by molar-refractivity contribution is 9.10. The van der Waals surface area contributed by atoms with E-state index in [9.17, 15) is 0 Å². The van der Waals surface area contributed by atoms with Gasteiger partial charge < -0.3 is 10.3 Å². The molecule has 0 saturated heterocycles. The van der Waals surface area contributed by atoms with Gasteiger partial charge in [-0.2, -0.15) is 0 Å². The second kappa shape index (κ2) is 5.36. The summed E-state index contributed by atoms with van der Waals surface area (Å²) in [4.78, 5) is 8.18. The Kier molecular flexibility index (Phi) is 3.75. The monoisotopic (exact) mass is 340 g/mol. The zero-order valence-electron chi connectivity index (χ0n) is 10.8. The molecule has 0 saturated carbocycles. The van der Waals surface area contributed by atoms with Gasteiger partial charge in [0.25, 0.3) is 0 Å². The van der Waals surface area contributed by atoms with Crippen LogP contribution < -0.4 is 5.73 Å². The molecule has 0 aliphatic carbocycles. The molecule has 2 unspecified atom stereocenters. The second-order valence-corrected chi connectivity index (χ2v) is 6.84. The molecule has 3 rings (SSSR count). The highest BCUT2D eigenvalue weighted by Crippen LogP contribution is 2.33. The number of nitrogens with zero attached hydrogens (tertiary/aromatic N) is 3. The van der Waals surface area contributed by atoms with Gasteiger partial charge >= 0.3 is 0 Å². The normalized spacial score (nSPS) is 19.1. The number of nitrogens with two attached hydrogens (primary N) is 1. The predicted molar refractivity (Wildman–Crippen MR) is 81.0 cm³/mol. The first-order valence-electron chi connectivity index (χ1n) is 6.38. The molecule has 2 N–H and O–H groups in total. The third-order valence-electron chi connectivity index (χ3n) is 3.55. The second-order valence-electron chi connectivity index (χ2n) is 4.98. The van der Waals surface area contributed by atoms with Crippen LogP contribution in [0.1, 0.15) is 23.7 Å². The number of hydrogen-bond acceptors (Lipinski definition) is 4. The summed E-state index contributed by atoms with van der Waals surface area (Å²) in [5.41, 5.74) is 6.23.